The number of hydrogen-bond acceptors (Lipinski definition) is 4. The van der Waals surface area contributed by atoms with Crippen LogP contribution in [0.5, 0.6) is 0 Å². The molecule has 1 fully saturated rings. The fourth-order valence-electron chi connectivity index (χ4n) is 4.40. The molecular weight excluding hydrogens is 330 g/mol. The van der Waals surface area contributed by atoms with E-state index < -0.39 is 4.92 Å². The number of benzene rings is 1. The number of aromatic nitrogens is 1. The largest absolute Gasteiger partial charge is 0.352 e. The van der Waals surface area contributed by atoms with E-state index in [1.807, 2.05) is 0 Å². The van der Waals surface area contributed by atoms with Gasteiger partial charge < -0.3 is 5.32 Å². The smallest absolute Gasteiger partial charge is 0.288 e. The van der Waals surface area contributed by atoms with Crippen LogP contribution in [0, 0.1) is 23.0 Å². The third kappa shape index (κ3) is 2.75. The molecular formula is C20H21N3O3. The summed E-state index contributed by atoms with van der Waals surface area (Å²) in [5.41, 5.74) is 3.70. The van der Waals surface area contributed by atoms with Gasteiger partial charge >= 0.3 is 0 Å². The highest BCUT2D eigenvalue weighted by atomic mass is 16.6. The van der Waals surface area contributed by atoms with Gasteiger partial charge in [0.05, 0.1) is 16.2 Å². The number of carbonyl (C=O) groups is 1. The van der Waals surface area contributed by atoms with E-state index in [0.29, 0.717) is 18.2 Å². The van der Waals surface area contributed by atoms with E-state index in [1.54, 1.807) is 6.92 Å². The Hall–Kier alpha value is -2.76. The van der Waals surface area contributed by atoms with E-state index in [-0.39, 0.29) is 22.6 Å². The Balaban J connectivity index is 1.46. The van der Waals surface area contributed by atoms with Crippen LogP contribution in [0.25, 0.3) is 0 Å². The van der Waals surface area contributed by atoms with Crippen LogP contribution < -0.4 is 5.32 Å². The van der Waals surface area contributed by atoms with Crippen molar-refractivity contribution in [1.82, 2.24) is 10.3 Å². The normalized spacial score (nSPS) is 23.3. The molecule has 0 aliphatic heterocycles. The molecule has 26 heavy (non-hydrogen) atoms. The summed E-state index contributed by atoms with van der Waals surface area (Å²) < 4.78 is 0. The quantitative estimate of drug-likeness (QED) is 0.676. The van der Waals surface area contributed by atoms with Crippen molar-refractivity contribution in [3.8, 4) is 0 Å². The molecule has 0 unspecified atom stereocenters. The van der Waals surface area contributed by atoms with Gasteiger partial charge in [-0.2, -0.15) is 0 Å². The van der Waals surface area contributed by atoms with Gasteiger partial charge in [0.1, 0.15) is 6.20 Å². The van der Waals surface area contributed by atoms with Gasteiger partial charge in [-0.3, -0.25) is 19.9 Å². The van der Waals surface area contributed by atoms with Crippen molar-refractivity contribution in [3.63, 3.8) is 0 Å². The van der Waals surface area contributed by atoms with Gasteiger partial charge in [0.15, 0.2) is 0 Å². The first-order chi connectivity index (χ1) is 12.5. The van der Waals surface area contributed by atoms with Crippen molar-refractivity contribution < 1.29 is 9.72 Å². The average molecular weight is 351 g/mol. The number of hydrogen-bond donors (Lipinski definition) is 1. The minimum absolute atomic E-state index is 0.162. The first-order valence-electron chi connectivity index (χ1n) is 8.99. The van der Waals surface area contributed by atoms with Crippen LogP contribution in [-0.2, 0) is 11.8 Å². The van der Waals surface area contributed by atoms with Crippen molar-refractivity contribution in [2.75, 3.05) is 6.54 Å². The first-order valence-corrected chi connectivity index (χ1v) is 8.99. The summed E-state index contributed by atoms with van der Waals surface area (Å²) in [6.07, 6.45) is 5.77. The molecule has 1 spiro atoms. The van der Waals surface area contributed by atoms with Crippen LogP contribution in [-0.4, -0.2) is 22.4 Å². The lowest BCUT2D eigenvalue weighted by atomic mass is 9.78. The van der Waals surface area contributed by atoms with Crippen LogP contribution in [0.1, 0.15) is 46.4 Å². The number of nitrogens with zero attached hydrogens (tertiary/aromatic N) is 2. The van der Waals surface area contributed by atoms with E-state index >= 15 is 0 Å². The van der Waals surface area contributed by atoms with Crippen molar-refractivity contribution in [3.05, 3.63) is 69.0 Å². The Morgan fingerprint density at radius 3 is 3.04 bits per heavy atom. The summed E-state index contributed by atoms with van der Waals surface area (Å²) in [6, 6.07) is 9.93. The second-order valence-electron chi connectivity index (χ2n) is 7.36. The topological polar surface area (TPSA) is 85.1 Å². The summed E-state index contributed by atoms with van der Waals surface area (Å²) in [6.45, 7) is 2.28. The predicted molar refractivity (Wildman–Crippen MR) is 97.1 cm³/mol. The number of nitrogens with one attached hydrogen (secondary N) is 1. The third-order valence-corrected chi connectivity index (χ3v) is 5.89. The van der Waals surface area contributed by atoms with E-state index in [0.717, 1.165) is 12.8 Å². The third-order valence-electron chi connectivity index (χ3n) is 5.89. The fourth-order valence-corrected chi connectivity index (χ4v) is 4.40. The molecule has 1 amide bonds. The predicted octanol–water partition coefficient (Wildman–Crippen LogP) is 3.32. The number of carbonyl (C=O) groups excluding carboxylic acids is 1. The maximum absolute atomic E-state index is 12.5. The lowest BCUT2D eigenvalue weighted by Crippen LogP contribution is -2.29. The molecule has 1 N–H and O–H groups in total. The van der Waals surface area contributed by atoms with Gasteiger partial charge in [-0.25, -0.2) is 0 Å². The van der Waals surface area contributed by atoms with E-state index in [4.69, 9.17) is 0 Å². The van der Waals surface area contributed by atoms with Crippen molar-refractivity contribution >= 4 is 11.6 Å². The van der Waals surface area contributed by atoms with Gasteiger partial charge in [-0.05, 0) is 49.7 Å². The van der Waals surface area contributed by atoms with Gasteiger partial charge in [0.2, 0.25) is 0 Å². The summed E-state index contributed by atoms with van der Waals surface area (Å²) in [5, 5.41) is 13.9. The van der Waals surface area contributed by atoms with Crippen LogP contribution in [0.4, 0.5) is 5.69 Å². The zero-order chi connectivity index (χ0) is 18.3. The monoisotopic (exact) mass is 351 g/mol. The van der Waals surface area contributed by atoms with Crippen LogP contribution in [0.3, 0.4) is 0 Å². The van der Waals surface area contributed by atoms with Gasteiger partial charge in [-0.1, -0.05) is 24.3 Å². The Labute approximate surface area is 151 Å². The van der Waals surface area contributed by atoms with E-state index in [2.05, 4.69) is 34.6 Å². The maximum atomic E-state index is 12.5. The highest BCUT2D eigenvalue weighted by Gasteiger charge is 2.56. The van der Waals surface area contributed by atoms with E-state index in [9.17, 15) is 14.9 Å². The Morgan fingerprint density at radius 1 is 1.42 bits per heavy atom. The molecule has 6 nitrogen and oxygen atoms in total. The Bertz CT molecular complexity index is 896. The van der Waals surface area contributed by atoms with Crippen LogP contribution >= 0.6 is 0 Å². The summed E-state index contributed by atoms with van der Waals surface area (Å²) >= 11 is 0. The van der Waals surface area contributed by atoms with Crippen molar-refractivity contribution in [2.24, 2.45) is 5.92 Å². The molecule has 0 saturated heterocycles. The van der Waals surface area contributed by atoms with Crippen LogP contribution in [0.15, 0.2) is 36.5 Å². The number of fused-ring (bicyclic) bond motifs is 2. The summed E-state index contributed by atoms with van der Waals surface area (Å²) in [5.74, 6) is 0.143. The second kappa shape index (κ2) is 6.20. The first kappa shape index (κ1) is 16.7. The lowest BCUT2D eigenvalue weighted by molar-refractivity contribution is -0.385. The fraction of sp³-hybridized carbons (Fsp3) is 0.400. The summed E-state index contributed by atoms with van der Waals surface area (Å²) in [7, 11) is 0. The molecule has 4 rings (SSSR count). The molecule has 2 aliphatic rings. The zero-order valence-corrected chi connectivity index (χ0v) is 14.7. The average Bonchev–Trinajstić information content (AvgIpc) is 3.33. The number of amides is 1. The molecule has 2 aliphatic carbocycles. The van der Waals surface area contributed by atoms with Gasteiger partial charge in [0.25, 0.3) is 11.6 Å². The molecule has 0 radical (unpaired) electrons. The zero-order valence-electron chi connectivity index (χ0n) is 14.7. The molecule has 134 valence electrons. The number of rotatable bonds is 4. The highest BCUT2D eigenvalue weighted by molar-refractivity contribution is 5.95. The molecule has 1 heterocycles. The maximum Gasteiger partial charge on any atom is 0.288 e. The molecule has 2 aromatic rings. The Morgan fingerprint density at radius 2 is 2.23 bits per heavy atom. The molecule has 2 atom stereocenters. The van der Waals surface area contributed by atoms with Crippen molar-refractivity contribution in [2.45, 2.75) is 38.0 Å². The molecule has 1 aromatic carbocycles. The van der Waals surface area contributed by atoms with E-state index in [1.165, 1.54) is 36.2 Å². The number of pyridine rings is 1. The molecule has 6 heteroatoms. The molecule has 1 saturated carbocycles. The summed E-state index contributed by atoms with van der Waals surface area (Å²) in [4.78, 5) is 26.9. The standard InChI is InChI=1S/C20H21N3O3/c1-13-17(9-16(12-21-13)23(25)26)19(24)22-11-15-10-20(15)8-4-6-14-5-2-3-7-18(14)20/h2-3,5,7,9,12,15H,4,6,8,10-11H2,1H3,(H,22,24)/t15-,20-/m1/s1. The van der Waals surface area contributed by atoms with Crippen molar-refractivity contribution in [1.29, 1.82) is 0 Å². The lowest BCUT2D eigenvalue weighted by Gasteiger charge is -2.26. The minimum Gasteiger partial charge on any atom is -0.352 e. The second-order valence-corrected chi connectivity index (χ2v) is 7.36. The molecule has 0 bridgehead atoms. The Kier molecular flexibility index (Phi) is 3.98. The van der Waals surface area contributed by atoms with Gasteiger partial charge in [-0.15, -0.1) is 0 Å². The highest BCUT2D eigenvalue weighted by Crippen LogP contribution is 2.59. The molecule has 1 aromatic heterocycles. The minimum atomic E-state index is -0.530. The van der Waals surface area contributed by atoms with Gasteiger partial charge in [0, 0.05) is 18.0 Å². The number of aryl methyl sites for hydroxylation is 2. The number of nitro groups is 1. The SMILES string of the molecule is Cc1ncc([N+](=O)[O-])cc1C(=O)NC[C@H]1C[C@]12CCCc1ccccc12. The van der Waals surface area contributed by atoms with Crippen LogP contribution in [0.2, 0.25) is 0 Å².